The van der Waals surface area contributed by atoms with Crippen LogP contribution >= 0.6 is 0 Å². The fourth-order valence-electron chi connectivity index (χ4n) is 1.29. The molecule has 0 fully saturated rings. The Bertz CT molecular complexity index is 416. The fourth-order valence-corrected chi connectivity index (χ4v) is 1.29. The highest BCUT2D eigenvalue weighted by Crippen LogP contribution is 2.07. The Kier molecular flexibility index (Phi) is 5.31. The third-order valence-corrected chi connectivity index (χ3v) is 2.24. The van der Waals surface area contributed by atoms with Crippen LogP contribution in [-0.2, 0) is 14.3 Å². The molecule has 18 heavy (non-hydrogen) atoms. The van der Waals surface area contributed by atoms with Crippen molar-refractivity contribution in [1.82, 2.24) is 10.1 Å². The standard InChI is InChI=1S/C11H17N3O4/c1-8-6-9(13-18-8)12-10(15)4-5-14(2)7-11(16)17-3/h6H,4-5,7H2,1-3H3,(H,12,13,15). The van der Waals surface area contributed by atoms with Gasteiger partial charge in [-0.25, -0.2) is 0 Å². The number of anilines is 1. The van der Waals surface area contributed by atoms with E-state index in [2.05, 4.69) is 15.2 Å². The molecule has 0 aliphatic carbocycles. The molecule has 0 unspecified atom stereocenters. The van der Waals surface area contributed by atoms with E-state index in [1.807, 2.05) is 0 Å². The van der Waals surface area contributed by atoms with Gasteiger partial charge in [0.25, 0.3) is 0 Å². The Hall–Kier alpha value is -1.89. The molecule has 1 N–H and O–H groups in total. The normalized spacial score (nSPS) is 10.4. The quantitative estimate of drug-likeness (QED) is 0.741. The van der Waals surface area contributed by atoms with Gasteiger partial charge in [0.15, 0.2) is 5.82 Å². The molecule has 1 rings (SSSR count). The van der Waals surface area contributed by atoms with E-state index < -0.39 is 0 Å². The summed E-state index contributed by atoms with van der Waals surface area (Å²) in [6.45, 7) is 2.36. The number of nitrogens with zero attached hydrogens (tertiary/aromatic N) is 2. The third-order valence-electron chi connectivity index (χ3n) is 2.24. The second-order valence-electron chi connectivity index (χ2n) is 3.93. The lowest BCUT2D eigenvalue weighted by atomic mass is 10.3. The van der Waals surface area contributed by atoms with Crippen LogP contribution in [0.25, 0.3) is 0 Å². The summed E-state index contributed by atoms with van der Waals surface area (Å²) < 4.78 is 9.34. The molecular formula is C11H17N3O4. The minimum Gasteiger partial charge on any atom is -0.468 e. The first kappa shape index (κ1) is 14.2. The van der Waals surface area contributed by atoms with Crippen LogP contribution in [0.4, 0.5) is 5.82 Å². The molecule has 100 valence electrons. The first-order chi connectivity index (χ1) is 8.51. The Morgan fingerprint density at radius 2 is 2.28 bits per heavy atom. The van der Waals surface area contributed by atoms with Crippen LogP contribution in [0.3, 0.4) is 0 Å². The zero-order chi connectivity index (χ0) is 13.5. The summed E-state index contributed by atoms with van der Waals surface area (Å²) in [4.78, 5) is 24.2. The molecule has 7 heteroatoms. The molecule has 0 saturated carbocycles. The van der Waals surface area contributed by atoms with Crippen LogP contribution in [0.2, 0.25) is 0 Å². The van der Waals surface area contributed by atoms with Gasteiger partial charge in [-0.2, -0.15) is 0 Å². The van der Waals surface area contributed by atoms with Gasteiger partial charge >= 0.3 is 5.97 Å². The van der Waals surface area contributed by atoms with E-state index in [1.165, 1.54) is 7.11 Å². The Labute approximate surface area is 105 Å². The number of carbonyl (C=O) groups is 2. The van der Waals surface area contributed by atoms with Crippen LogP contribution in [0.15, 0.2) is 10.6 Å². The highest BCUT2D eigenvalue weighted by molar-refractivity contribution is 5.89. The van der Waals surface area contributed by atoms with Gasteiger partial charge in [0.05, 0.1) is 13.7 Å². The van der Waals surface area contributed by atoms with Crippen molar-refractivity contribution < 1.29 is 18.8 Å². The van der Waals surface area contributed by atoms with E-state index in [9.17, 15) is 9.59 Å². The van der Waals surface area contributed by atoms with Crippen molar-refractivity contribution in [2.45, 2.75) is 13.3 Å². The number of carbonyl (C=O) groups excluding carboxylic acids is 2. The second-order valence-corrected chi connectivity index (χ2v) is 3.93. The number of hydrogen-bond donors (Lipinski definition) is 1. The van der Waals surface area contributed by atoms with E-state index in [0.717, 1.165) is 0 Å². The summed E-state index contributed by atoms with van der Waals surface area (Å²) in [6.07, 6.45) is 0.263. The Balaban J connectivity index is 2.26. The number of ether oxygens (including phenoxy) is 1. The van der Waals surface area contributed by atoms with Gasteiger partial charge in [0.1, 0.15) is 5.76 Å². The van der Waals surface area contributed by atoms with Crippen LogP contribution in [0.1, 0.15) is 12.2 Å². The summed E-state index contributed by atoms with van der Waals surface area (Å²) in [5.41, 5.74) is 0. The molecule has 0 atom stereocenters. The molecular weight excluding hydrogens is 238 g/mol. The first-order valence-corrected chi connectivity index (χ1v) is 5.50. The van der Waals surface area contributed by atoms with Gasteiger partial charge in [-0.1, -0.05) is 5.16 Å². The fraction of sp³-hybridized carbons (Fsp3) is 0.545. The number of methoxy groups -OCH3 is 1. The molecule has 1 aromatic rings. The summed E-state index contributed by atoms with van der Waals surface area (Å²) >= 11 is 0. The molecule has 1 amide bonds. The molecule has 0 saturated heterocycles. The molecule has 0 aromatic carbocycles. The SMILES string of the molecule is COC(=O)CN(C)CCC(=O)Nc1cc(C)on1. The highest BCUT2D eigenvalue weighted by atomic mass is 16.5. The summed E-state index contributed by atoms with van der Waals surface area (Å²) in [5, 5.41) is 6.25. The molecule has 0 aliphatic rings. The van der Waals surface area contributed by atoms with E-state index in [-0.39, 0.29) is 24.8 Å². The van der Waals surface area contributed by atoms with E-state index >= 15 is 0 Å². The van der Waals surface area contributed by atoms with Crippen molar-refractivity contribution in [2.75, 3.05) is 32.6 Å². The molecule has 7 nitrogen and oxygen atoms in total. The third kappa shape index (κ3) is 4.96. The number of nitrogens with one attached hydrogen (secondary N) is 1. The average molecular weight is 255 g/mol. The number of likely N-dealkylation sites (N-methyl/N-ethyl adjacent to an activating group) is 1. The van der Waals surface area contributed by atoms with Gasteiger partial charge in [-0.05, 0) is 14.0 Å². The lowest BCUT2D eigenvalue weighted by Crippen LogP contribution is -2.30. The van der Waals surface area contributed by atoms with Gasteiger partial charge in [0, 0.05) is 19.0 Å². The van der Waals surface area contributed by atoms with Crippen molar-refractivity contribution in [3.63, 3.8) is 0 Å². The maximum absolute atomic E-state index is 11.5. The van der Waals surface area contributed by atoms with Crippen LogP contribution in [-0.4, -0.2) is 49.2 Å². The number of rotatable bonds is 6. The minimum atomic E-state index is -0.329. The largest absolute Gasteiger partial charge is 0.468 e. The van der Waals surface area contributed by atoms with Crippen molar-refractivity contribution in [3.8, 4) is 0 Å². The predicted molar refractivity (Wildman–Crippen MR) is 64.0 cm³/mol. The van der Waals surface area contributed by atoms with Gasteiger partial charge in [-0.15, -0.1) is 0 Å². The second kappa shape index (κ2) is 6.75. The maximum atomic E-state index is 11.5. The van der Waals surface area contributed by atoms with E-state index in [1.54, 1.807) is 24.9 Å². The van der Waals surface area contributed by atoms with E-state index in [4.69, 9.17) is 4.52 Å². The number of esters is 1. The molecule has 0 bridgehead atoms. The van der Waals surface area contributed by atoms with E-state index in [0.29, 0.717) is 18.1 Å². The first-order valence-electron chi connectivity index (χ1n) is 5.50. The van der Waals surface area contributed by atoms with Crippen LogP contribution in [0.5, 0.6) is 0 Å². The van der Waals surface area contributed by atoms with Crippen molar-refractivity contribution in [3.05, 3.63) is 11.8 Å². The van der Waals surface area contributed by atoms with Crippen LogP contribution in [0, 0.1) is 6.92 Å². The average Bonchev–Trinajstić information content (AvgIpc) is 2.72. The lowest BCUT2D eigenvalue weighted by molar-refractivity contribution is -0.141. The lowest BCUT2D eigenvalue weighted by Gasteiger charge is -2.14. The number of aromatic nitrogens is 1. The summed E-state index contributed by atoms with van der Waals surface area (Å²) in [7, 11) is 3.07. The van der Waals surface area contributed by atoms with Crippen molar-refractivity contribution in [2.24, 2.45) is 0 Å². The number of aryl methyl sites for hydroxylation is 1. The summed E-state index contributed by atoms with van der Waals surface area (Å²) in [5.74, 6) is 0.520. The molecule has 1 aromatic heterocycles. The Morgan fingerprint density at radius 1 is 1.56 bits per heavy atom. The number of amides is 1. The molecule has 0 aliphatic heterocycles. The smallest absolute Gasteiger partial charge is 0.319 e. The van der Waals surface area contributed by atoms with Gasteiger partial charge in [-0.3, -0.25) is 14.5 Å². The Morgan fingerprint density at radius 3 is 2.83 bits per heavy atom. The zero-order valence-electron chi connectivity index (χ0n) is 10.7. The van der Waals surface area contributed by atoms with Crippen molar-refractivity contribution in [1.29, 1.82) is 0 Å². The van der Waals surface area contributed by atoms with Gasteiger partial charge in [0.2, 0.25) is 5.91 Å². The molecule has 1 heterocycles. The van der Waals surface area contributed by atoms with Gasteiger partial charge < -0.3 is 14.6 Å². The van der Waals surface area contributed by atoms with Crippen LogP contribution < -0.4 is 5.32 Å². The zero-order valence-corrected chi connectivity index (χ0v) is 10.7. The topological polar surface area (TPSA) is 84.7 Å². The predicted octanol–water partition coefficient (Wildman–Crippen LogP) is 0.416. The molecule has 0 radical (unpaired) electrons. The van der Waals surface area contributed by atoms with Crippen molar-refractivity contribution >= 4 is 17.7 Å². The molecule has 0 spiro atoms. The minimum absolute atomic E-state index is 0.160. The summed E-state index contributed by atoms with van der Waals surface area (Å²) in [6, 6.07) is 1.63. The maximum Gasteiger partial charge on any atom is 0.319 e. The highest BCUT2D eigenvalue weighted by Gasteiger charge is 2.10. The number of hydrogen-bond acceptors (Lipinski definition) is 6. The monoisotopic (exact) mass is 255 g/mol.